The Balaban J connectivity index is 4.65. The van der Waals surface area contributed by atoms with Crippen LogP contribution in [0.3, 0.4) is 0 Å². The SMILES string of the molecule is COC(=O)/C(C)=C/C=C/C(C)=C/C=C/C(C)=C/C=C/C(C)=C/C=O. The molecule has 0 aliphatic rings. The van der Waals surface area contributed by atoms with Gasteiger partial charge in [0.25, 0.3) is 0 Å². The number of ether oxygens (including phenoxy) is 1. The third-order valence-corrected chi connectivity index (χ3v) is 2.98. The molecule has 0 aliphatic heterocycles. The first kappa shape index (κ1) is 21.3. The summed E-state index contributed by atoms with van der Waals surface area (Å²) in [7, 11) is 1.37. The lowest BCUT2D eigenvalue weighted by molar-refractivity contribution is -0.136. The van der Waals surface area contributed by atoms with Crippen LogP contribution in [0.5, 0.6) is 0 Å². The first-order valence-electron chi connectivity index (χ1n) is 7.66. The first-order valence-corrected chi connectivity index (χ1v) is 7.66. The van der Waals surface area contributed by atoms with Crippen LogP contribution in [0, 0.1) is 0 Å². The summed E-state index contributed by atoms with van der Waals surface area (Å²) in [4.78, 5) is 21.5. The second-order valence-electron chi connectivity index (χ2n) is 5.29. The average Bonchev–Trinajstić information content (AvgIpc) is 2.54. The Bertz CT molecular complexity index is 636. The van der Waals surface area contributed by atoms with Crippen LogP contribution >= 0.6 is 0 Å². The number of hydrogen-bond acceptors (Lipinski definition) is 3. The third kappa shape index (κ3) is 11.0. The Morgan fingerprint density at radius 1 is 0.708 bits per heavy atom. The lowest BCUT2D eigenvalue weighted by Gasteiger charge is -1.95. The van der Waals surface area contributed by atoms with Crippen LogP contribution in [0.15, 0.2) is 83.1 Å². The highest BCUT2D eigenvalue weighted by atomic mass is 16.5. The zero-order chi connectivity index (χ0) is 18.4. The van der Waals surface area contributed by atoms with Crippen LogP contribution in [0.25, 0.3) is 0 Å². The van der Waals surface area contributed by atoms with Gasteiger partial charge in [0.15, 0.2) is 0 Å². The fourth-order valence-corrected chi connectivity index (χ4v) is 1.55. The second kappa shape index (κ2) is 12.8. The van der Waals surface area contributed by atoms with Gasteiger partial charge in [0.1, 0.15) is 6.29 Å². The van der Waals surface area contributed by atoms with Gasteiger partial charge in [-0.3, -0.25) is 4.79 Å². The highest BCUT2D eigenvalue weighted by Crippen LogP contribution is 2.02. The minimum atomic E-state index is -0.326. The maximum atomic E-state index is 11.2. The van der Waals surface area contributed by atoms with Crippen molar-refractivity contribution in [1.82, 2.24) is 0 Å². The number of hydrogen-bond donors (Lipinski definition) is 0. The molecule has 0 radical (unpaired) electrons. The van der Waals surface area contributed by atoms with Gasteiger partial charge in [0, 0.05) is 5.57 Å². The Morgan fingerprint density at radius 2 is 1.12 bits per heavy atom. The minimum absolute atomic E-state index is 0.326. The van der Waals surface area contributed by atoms with Crippen molar-refractivity contribution in [3.05, 3.63) is 83.1 Å². The third-order valence-electron chi connectivity index (χ3n) is 2.98. The number of carbonyl (C=O) groups is 2. The molecule has 0 spiro atoms. The van der Waals surface area contributed by atoms with Gasteiger partial charge in [-0.25, -0.2) is 4.79 Å². The molecule has 0 fully saturated rings. The van der Waals surface area contributed by atoms with Crippen LogP contribution < -0.4 is 0 Å². The van der Waals surface area contributed by atoms with Crippen LogP contribution in [0.1, 0.15) is 27.7 Å². The van der Waals surface area contributed by atoms with Gasteiger partial charge in [0.2, 0.25) is 0 Å². The van der Waals surface area contributed by atoms with Crippen LogP contribution in [0.2, 0.25) is 0 Å². The summed E-state index contributed by atoms with van der Waals surface area (Å²) in [5.41, 5.74) is 3.63. The van der Waals surface area contributed by atoms with Crippen molar-refractivity contribution in [1.29, 1.82) is 0 Å². The molecule has 0 aliphatic carbocycles. The topological polar surface area (TPSA) is 43.4 Å². The molecule has 128 valence electrons. The number of methoxy groups -OCH3 is 1. The Morgan fingerprint density at radius 3 is 1.54 bits per heavy atom. The van der Waals surface area contributed by atoms with Crippen molar-refractivity contribution in [2.45, 2.75) is 27.7 Å². The zero-order valence-electron chi connectivity index (χ0n) is 15.1. The van der Waals surface area contributed by atoms with Crippen molar-refractivity contribution in [2.24, 2.45) is 0 Å². The molecule has 0 aromatic carbocycles. The molecule has 3 nitrogen and oxygen atoms in total. The lowest BCUT2D eigenvalue weighted by atomic mass is 10.2. The molecular weight excluding hydrogens is 300 g/mol. The van der Waals surface area contributed by atoms with Crippen molar-refractivity contribution < 1.29 is 14.3 Å². The van der Waals surface area contributed by atoms with E-state index in [1.165, 1.54) is 13.2 Å². The Kier molecular flexibility index (Phi) is 11.4. The summed E-state index contributed by atoms with van der Waals surface area (Å²) in [6.07, 6.45) is 19.5. The summed E-state index contributed by atoms with van der Waals surface area (Å²) < 4.78 is 4.62. The predicted octanol–water partition coefficient (Wildman–Crippen LogP) is 4.81. The second-order valence-corrected chi connectivity index (χ2v) is 5.29. The average molecular weight is 326 g/mol. The van der Waals surface area contributed by atoms with Gasteiger partial charge >= 0.3 is 5.97 Å². The number of esters is 1. The van der Waals surface area contributed by atoms with Crippen molar-refractivity contribution >= 4 is 12.3 Å². The largest absolute Gasteiger partial charge is 0.466 e. The highest BCUT2D eigenvalue weighted by Gasteiger charge is 1.99. The van der Waals surface area contributed by atoms with E-state index in [2.05, 4.69) is 4.74 Å². The molecule has 0 aromatic heterocycles. The number of rotatable bonds is 8. The van der Waals surface area contributed by atoms with E-state index in [9.17, 15) is 9.59 Å². The standard InChI is InChI=1S/C21H26O3/c1-17(11-7-12-19(3)15-16-22)9-6-10-18(2)13-8-14-20(4)21(23)24-5/h6-16H,1-5H3/b9-6+,12-7+,13-8+,17-11+,18-10+,19-15+,20-14+. The molecule has 24 heavy (non-hydrogen) atoms. The molecule has 0 N–H and O–H groups in total. The fourth-order valence-electron chi connectivity index (χ4n) is 1.55. The van der Waals surface area contributed by atoms with Crippen molar-refractivity contribution in [3.63, 3.8) is 0 Å². The zero-order valence-corrected chi connectivity index (χ0v) is 15.1. The number of allylic oxidation sites excluding steroid dienone is 13. The Labute approximate surface area is 145 Å². The molecule has 0 atom stereocenters. The van der Waals surface area contributed by atoms with Crippen LogP contribution in [0.4, 0.5) is 0 Å². The van der Waals surface area contributed by atoms with Gasteiger partial charge in [-0.15, -0.1) is 0 Å². The molecule has 0 saturated carbocycles. The Hall–Kier alpha value is -2.68. The van der Waals surface area contributed by atoms with Crippen LogP contribution in [-0.4, -0.2) is 19.4 Å². The summed E-state index contributed by atoms with van der Waals surface area (Å²) in [6.45, 7) is 7.57. The number of aldehydes is 1. The lowest BCUT2D eigenvalue weighted by Crippen LogP contribution is -2.00. The van der Waals surface area contributed by atoms with Crippen LogP contribution in [-0.2, 0) is 14.3 Å². The van der Waals surface area contributed by atoms with E-state index in [-0.39, 0.29) is 5.97 Å². The molecular formula is C21H26O3. The van der Waals surface area contributed by atoms with Crippen molar-refractivity contribution in [3.8, 4) is 0 Å². The molecule has 0 unspecified atom stereocenters. The molecule has 0 amide bonds. The maximum absolute atomic E-state index is 11.2. The van der Waals surface area contributed by atoms with E-state index in [1.54, 1.807) is 13.0 Å². The summed E-state index contributed by atoms with van der Waals surface area (Å²) in [6, 6.07) is 0. The molecule has 0 heterocycles. The van der Waals surface area contributed by atoms with Crippen molar-refractivity contribution in [2.75, 3.05) is 7.11 Å². The molecule has 3 heteroatoms. The van der Waals surface area contributed by atoms with Gasteiger partial charge in [-0.1, -0.05) is 65.8 Å². The normalized spacial score (nSPS) is 14.9. The van der Waals surface area contributed by atoms with E-state index in [0.717, 1.165) is 23.0 Å². The van der Waals surface area contributed by atoms with Gasteiger partial charge in [-0.2, -0.15) is 0 Å². The predicted molar refractivity (Wildman–Crippen MR) is 101 cm³/mol. The smallest absolute Gasteiger partial charge is 0.333 e. The fraction of sp³-hybridized carbons (Fsp3) is 0.238. The molecule has 0 bridgehead atoms. The molecule has 0 rings (SSSR count). The molecule has 0 saturated heterocycles. The molecule has 0 aromatic rings. The summed E-state index contributed by atoms with van der Waals surface area (Å²) >= 11 is 0. The van der Waals surface area contributed by atoms with Gasteiger partial charge in [-0.05, 0) is 39.3 Å². The monoisotopic (exact) mass is 326 g/mol. The van der Waals surface area contributed by atoms with E-state index < -0.39 is 0 Å². The van der Waals surface area contributed by atoms with Gasteiger partial charge in [0.05, 0.1) is 7.11 Å². The first-order chi connectivity index (χ1) is 11.4. The summed E-state index contributed by atoms with van der Waals surface area (Å²) in [5.74, 6) is -0.326. The van der Waals surface area contributed by atoms with Gasteiger partial charge < -0.3 is 4.74 Å². The van der Waals surface area contributed by atoms with E-state index in [0.29, 0.717) is 5.57 Å². The van der Waals surface area contributed by atoms with E-state index >= 15 is 0 Å². The van der Waals surface area contributed by atoms with E-state index in [4.69, 9.17) is 0 Å². The van der Waals surface area contributed by atoms with E-state index in [1.807, 2.05) is 69.4 Å². The minimum Gasteiger partial charge on any atom is -0.466 e. The number of carbonyl (C=O) groups excluding carboxylic acids is 2. The quantitative estimate of drug-likeness (QED) is 0.278. The maximum Gasteiger partial charge on any atom is 0.333 e. The highest BCUT2D eigenvalue weighted by molar-refractivity contribution is 5.87. The summed E-state index contributed by atoms with van der Waals surface area (Å²) in [5, 5.41) is 0.